The highest BCUT2D eigenvalue weighted by molar-refractivity contribution is 5.96. The number of aromatic amines is 2. The van der Waals surface area contributed by atoms with Crippen molar-refractivity contribution in [2.24, 2.45) is 5.92 Å². The summed E-state index contributed by atoms with van der Waals surface area (Å²) in [5.41, 5.74) is 7.31. The lowest BCUT2D eigenvalue weighted by Crippen LogP contribution is -2.20. The molecule has 1 unspecified atom stereocenters. The van der Waals surface area contributed by atoms with Crippen LogP contribution in [0.3, 0.4) is 0 Å². The number of rotatable bonds is 6. The predicted molar refractivity (Wildman–Crippen MR) is 136 cm³/mol. The van der Waals surface area contributed by atoms with E-state index in [0.29, 0.717) is 23.1 Å². The fraction of sp³-hybridized carbons (Fsp3) is 0.154. The van der Waals surface area contributed by atoms with Crippen LogP contribution >= 0.6 is 0 Å². The van der Waals surface area contributed by atoms with Crippen molar-refractivity contribution in [1.29, 1.82) is 0 Å². The molecule has 176 valence electrons. The molecule has 1 aliphatic rings. The van der Waals surface area contributed by atoms with Crippen molar-refractivity contribution in [3.05, 3.63) is 67.6 Å². The molecule has 0 spiro atoms. The first kappa shape index (κ1) is 20.7. The maximum atomic E-state index is 10.3. The predicted octanol–water partition coefficient (Wildman–Crippen LogP) is 4.16. The third-order valence-electron chi connectivity index (χ3n) is 6.46. The number of fused-ring (bicyclic) bond motifs is 2. The summed E-state index contributed by atoms with van der Waals surface area (Å²) < 4.78 is 0. The molecular formula is C26H21N9O. The number of hydrogen-bond acceptors (Lipinski definition) is 8. The maximum absolute atomic E-state index is 10.3. The first-order chi connectivity index (χ1) is 17.7. The lowest BCUT2D eigenvalue weighted by molar-refractivity contribution is 0.180. The summed E-state index contributed by atoms with van der Waals surface area (Å²) in [7, 11) is 0. The molecule has 10 heteroatoms. The minimum absolute atomic E-state index is 0.317. The number of aliphatic hydroxyl groups excluding tert-OH is 1. The van der Waals surface area contributed by atoms with Gasteiger partial charge in [-0.05, 0) is 31.0 Å². The Morgan fingerprint density at radius 3 is 2.67 bits per heavy atom. The Bertz CT molecular complexity index is 1710. The van der Waals surface area contributed by atoms with Gasteiger partial charge in [0.2, 0.25) is 0 Å². The van der Waals surface area contributed by atoms with E-state index in [2.05, 4.69) is 40.4 Å². The van der Waals surface area contributed by atoms with E-state index in [1.54, 1.807) is 43.4 Å². The largest absolute Gasteiger partial charge is 0.374 e. The number of H-pyrrole nitrogens is 2. The molecule has 6 aromatic heterocycles. The average Bonchev–Trinajstić information content (AvgIpc) is 3.55. The van der Waals surface area contributed by atoms with Gasteiger partial charge in [-0.1, -0.05) is 6.07 Å². The summed E-state index contributed by atoms with van der Waals surface area (Å²) >= 11 is 0. The zero-order valence-corrected chi connectivity index (χ0v) is 19.1. The van der Waals surface area contributed by atoms with Crippen molar-refractivity contribution in [2.75, 3.05) is 5.32 Å². The number of pyridine rings is 4. The highest BCUT2D eigenvalue weighted by Gasteiger charge is 2.29. The molecular weight excluding hydrogens is 454 g/mol. The summed E-state index contributed by atoms with van der Waals surface area (Å²) in [5, 5.41) is 21.7. The molecule has 1 fully saturated rings. The van der Waals surface area contributed by atoms with E-state index in [1.807, 2.05) is 24.3 Å². The minimum Gasteiger partial charge on any atom is -0.374 e. The molecule has 1 aliphatic carbocycles. The second-order valence-electron chi connectivity index (χ2n) is 8.99. The van der Waals surface area contributed by atoms with Gasteiger partial charge in [0.1, 0.15) is 17.4 Å². The zero-order valence-electron chi connectivity index (χ0n) is 19.1. The Morgan fingerprint density at radius 1 is 0.944 bits per heavy atom. The molecule has 0 amide bonds. The first-order valence-electron chi connectivity index (χ1n) is 11.7. The Hall–Kier alpha value is -4.70. The van der Waals surface area contributed by atoms with Crippen LogP contribution < -0.4 is 5.32 Å². The van der Waals surface area contributed by atoms with Crippen LogP contribution in [0.5, 0.6) is 0 Å². The zero-order chi connectivity index (χ0) is 24.1. The number of anilines is 1. The molecule has 6 aromatic rings. The Morgan fingerprint density at radius 2 is 1.81 bits per heavy atom. The highest BCUT2D eigenvalue weighted by atomic mass is 16.3. The number of nitrogens with one attached hydrogen (secondary N) is 3. The number of aromatic nitrogens is 8. The van der Waals surface area contributed by atoms with Gasteiger partial charge in [-0.15, -0.1) is 0 Å². The van der Waals surface area contributed by atoms with Crippen LogP contribution in [0.15, 0.2) is 67.6 Å². The molecule has 7 rings (SSSR count). The van der Waals surface area contributed by atoms with Gasteiger partial charge in [0.15, 0.2) is 11.5 Å². The van der Waals surface area contributed by atoms with Gasteiger partial charge in [-0.2, -0.15) is 5.10 Å². The van der Waals surface area contributed by atoms with Crippen LogP contribution in [-0.4, -0.2) is 51.4 Å². The monoisotopic (exact) mass is 475 g/mol. The smallest absolute Gasteiger partial charge is 0.159 e. The van der Waals surface area contributed by atoms with E-state index in [9.17, 15) is 5.11 Å². The molecule has 0 saturated heterocycles. The SMILES string of the molecule is OC(Nc1cncc(-c2cnc3[nH]nc(-c4nc5c(-c6cccnc6)cncc5[nH]4)c3c2)c1)C1CC1. The minimum atomic E-state index is -0.553. The van der Waals surface area contributed by atoms with E-state index in [1.165, 1.54) is 0 Å². The van der Waals surface area contributed by atoms with Crippen molar-refractivity contribution in [2.45, 2.75) is 19.1 Å². The van der Waals surface area contributed by atoms with Gasteiger partial charge in [0.05, 0.1) is 29.0 Å². The summed E-state index contributed by atoms with van der Waals surface area (Å²) in [5.74, 6) is 0.937. The van der Waals surface area contributed by atoms with E-state index in [4.69, 9.17) is 4.98 Å². The average molecular weight is 476 g/mol. The highest BCUT2D eigenvalue weighted by Crippen LogP contribution is 2.34. The fourth-order valence-electron chi connectivity index (χ4n) is 4.40. The second-order valence-corrected chi connectivity index (χ2v) is 8.99. The van der Waals surface area contributed by atoms with Crippen LogP contribution in [0, 0.1) is 5.92 Å². The Kier molecular flexibility index (Phi) is 4.71. The van der Waals surface area contributed by atoms with Crippen LogP contribution in [0.25, 0.3) is 55.8 Å². The summed E-state index contributed by atoms with van der Waals surface area (Å²) in [4.78, 5) is 25.7. The topological polar surface area (TPSA) is 141 Å². The van der Waals surface area contributed by atoms with Gasteiger partial charge < -0.3 is 15.4 Å². The molecule has 1 atom stereocenters. The molecule has 4 N–H and O–H groups in total. The fourth-order valence-corrected chi connectivity index (χ4v) is 4.40. The standard InChI is InChI=1S/C26H21N9O/c36-26(14-3-4-14)31-18-6-16(9-28-11-18)17-7-19-23(34-35-24(19)30-10-17)25-32-21-13-29-12-20(22(21)33-25)15-2-1-5-27-8-15/h1-2,5-14,26,31,36H,3-4H2,(H,32,33)(H,30,34,35). The van der Waals surface area contributed by atoms with Crippen molar-refractivity contribution >= 4 is 27.8 Å². The Labute approximate surface area is 204 Å². The van der Waals surface area contributed by atoms with E-state index >= 15 is 0 Å². The normalized spacial score (nSPS) is 14.4. The second kappa shape index (κ2) is 8.21. The van der Waals surface area contributed by atoms with Gasteiger partial charge >= 0.3 is 0 Å². The third kappa shape index (κ3) is 3.64. The summed E-state index contributed by atoms with van der Waals surface area (Å²) in [6.45, 7) is 0. The van der Waals surface area contributed by atoms with Crippen molar-refractivity contribution < 1.29 is 5.11 Å². The quantitative estimate of drug-likeness (QED) is 0.263. The van der Waals surface area contributed by atoms with Crippen LogP contribution in [0.2, 0.25) is 0 Å². The van der Waals surface area contributed by atoms with Crippen LogP contribution in [0.4, 0.5) is 5.69 Å². The number of imidazole rings is 1. The van der Waals surface area contributed by atoms with Crippen molar-refractivity contribution in [1.82, 2.24) is 40.1 Å². The Balaban J connectivity index is 1.28. The van der Waals surface area contributed by atoms with E-state index in [-0.39, 0.29) is 0 Å². The van der Waals surface area contributed by atoms with Gasteiger partial charge in [0, 0.05) is 59.2 Å². The molecule has 6 heterocycles. The molecule has 36 heavy (non-hydrogen) atoms. The first-order valence-corrected chi connectivity index (χ1v) is 11.7. The van der Waals surface area contributed by atoms with E-state index in [0.717, 1.165) is 57.2 Å². The summed E-state index contributed by atoms with van der Waals surface area (Å²) in [6, 6.07) is 7.86. The lowest BCUT2D eigenvalue weighted by atomic mass is 10.1. The molecule has 0 radical (unpaired) electrons. The molecule has 0 aliphatic heterocycles. The summed E-state index contributed by atoms with van der Waals surface area (Å²) in [6.07, 6.45) is 13.9. The van der Waals surface area contributed by atoms with Crippen molar-refractivity contribution in [3.63, 3.8) is 0 Å². The number of aliphatic hydroxyl groups is 1. The molecule has 10 nitrogen and oxygen atoms in total. The van der Waals surface area contributed by atoms with Gasteiger partial charge in [0.25, 0.3) is 0 Å². The molecule has 1 saturated carbocycles. The van der Waals surface area contributed by atoms with Gasteiger partial charge in [-0.25, -0.2) is 9.97 Å². The van der Waals surface area contributed by atoms with Crippen molar-refractivity contribution in [3.8, 4) is 33.8 Å². The third-order valence-corrected chi connectivity index (χ3v) is 6.46. The number of hydrogen-bond donors (Lipinski definition) is 4. The lowest BCUT2D eigenvalue weighted by Gasteiger charge is -2.13. The molecule has 0 aromatic carbocycles. The van der Waals surface area contributed by atoms with Gasteiger partial charge in [-0.3, -0.25) is 20.1 Å². The maximum Gasteiger partial charge on any atom is 0.159 e. The van der Waals surface area contributed by atoms with Crippen LogP contribution in [-0.2, 0) is 0 Å². The van der Waals surface area contributed by atoms with Crippen LogP contribution in [0.1, 0.15) is 12.8 Å². The van der Waals surface area contributed by atoms with E-state index < -0.39 is 6.23 Å². The number of nitrogens with zero attached hydrogens (tertiary/aromatic N) is 6. The molecule has 0 bridgehead atoms.